The van der Waals surface area contributed by atoms with Gasteiger partial charge in [0.1, 0.15) is 5.75 Å². The van der Waals surface area contributed by atoms with Crippen LogP contribution in [0.3, 0.4) is 0 Å². The van der Waals surface area contributed by atoms with Crippen LogP contribution in [0.4, 0.5) is 0 Å². The minimum atomic E-state index is -0.0267. The molecule has 1 N–H and O–H groups in total. The Hall–Kier alpha value is -1.51. The Morgan fingerprint density at radius 1 is 1.40 bits per heavy atom. The highest BCUT2D eigenvalue weighted by molar-refractivity contribution is 6.01. The number of rotatable bonds is 2. The van der Waals surface area contributed by atoms with Crippen LogP contribution < -0.4 is 10.1 Å². The van der Waals surface area contributed by atoms with Crippen molar-refractivity contribution in [3.05, 3.63) is 29.3 Å². The summed E-state index contributed by atoms with van der Waals surface area (Å²) in [7, 11) is 1.59. The number of amides is 1. The molecule has 1 aromatic rings. The number of hydrogen-bond donors (Lipinski definition) is 1. The molecule has 1 heterocycles. The van der Waals surface area contributed by atoms with Crippen molar-refractivity contribution in [2.75, 3.05) is 7.11 Å². The average molecular weight is 205 g/mol. The smallest absolute Gasteiger partial charge is 0.255 e. The van der Waals surface area contributed by atoms with Crippen molar-refractivity contribution in [3.63, 3.8) is 0 Å². The van der Waals surface area contributed by atoms with Gasteiger partial charge in [0.25, 0.3) is 5.91 Å². The number of methoxy groups -OCH3 is 1. The van der Waals surface area contributed by atoms with Gasteiger partial charge in [-0.1, -0.05) is 26.0 Å². The van der Waals surface area contributed by atoms with Gasteiger partial charge in [-0.25, -0.2) is 0 Å². The molecule has 1 unspecified atom stereocenters. The van der Waals surface area contributed by atoms with Crippen LogP contribution in [0.25, 0.3) is 0 Å². The molecular formula is C12H15NO2. The minimum Gasteiger partial charge on any atom is -0.496 e. The molecule has 2 rings (SSSR count). The summed E-state index contributed by atoms with van der Waals surface area (Å²) < 4.78 is 5.19. The Bertz CT molecular complexity index is 399. The molecule has 0 aromatic heterocycles. The quantitative estimate of drug-likeness (QED) is 0.803. The van der Waals surface area contributed by atoms with Crippen molar-refractivity contribution < 1.29 is 9.53 Å². The molecule has 0 bridgehead atoms. The molecule has 0 aliphatic carbocycles. The van der Waals surface area contributed by atoms with E-state index in [1.807, 2.05) is 18.2 Å². The first-order valence-corrected chi connectivity index (χ1v) is 5.13. The molecule has 1 aromatic carbocycles. The fraction of sp³-hybridized carbons (Fsp3) is 0.417. The summed E-state index contributed by atoms with van der Waals surface area (Å²) in [5.41, 5.74) is 1.74. The molecule has 0 spiro atoms. The van der Waals surface area contributed by atoms with E-state index < -0.39 is 0 Å². The van der Waals surface area contributed by atoms with Crippen molar-refractivity contribution in [3.8, 4) is 5.75 Å². The fourth-order valence-electron chi connectivity index (χ4n) is 2.04. The normalized spacial score (nSPS) is 18.9. The van der Waals surface area contributed by atoms with E-state index in [0.717, 1.165) is 5.56 Å². The minimum absolute atomic E-state index is 0.0267. The van der Waals surface area contributed by atoms with E-state index in [0.29, 0.717) is 17.2 Å². The van der Waals surface area contributed by atoms with Crippen LogP contribution in [0.15, 0.2) is 18.2 Å². The number of carbonyl (C=O) groups excluding carboxylic acids is 1. The Morgan fingerprint density at radius 2 is 2.13 bits per heavy atom. The second kappa shape index (κ2) is 3.57. The molecule has 1 amide bonds. The maximum absolute atomic E-state index is 11.8. The van der Waals surface area contributed by atoms with Gasteiger partial charge in [0.05, 0.1) is 18.7 Å². The molecule has 15 heavy (non-hydrogen) atoms. The lowest BCUT2D eigenvalue weighted by molar-refractivity contribution is 0.0946. The first kappa shape index (κ1) is 10.0. The van der Waals surface area contributed by atoms with Crippen LogP contribution >= 0.6 is 0 Å². The number of hydrogen-bond acceptors (Lipinski definition) is 2. The Kier molecular flexibility index (Phi) is 2.39. The summed E-state index contributed by atoms with van der Waals surface area (Å²) in [4.78, 5) is 11.8. The van der Waals surface area contributed by atoms with Crippen molar-refractivity contribution in [2.45, 2.75) is 19.9 Å². The van der Waals surface area contributed by atoms with E-state index in [2.05, 4.69) is 19.2 Å². The number of nitrogens with one attached hydrogen (secondary N) is 1. The van der Waals surface area contributed by atoms with Gasteiger partial charge >= 0.3 is 0 Å². The third kappa shape index (κ3) is 1.48. The summed E-state index contributed by atoms with van der Waals surface area (Å²) in [6, 6.07) is 5.84. The maximum atomic E-state index is 11.8. The summed E-state index contributed by atoms with van der Waals surface area (Å²) in [5, 5.41) is 2.97. The summed E-state index contributed by atoms with van der Waals surface area (Å²) in [6.45, 7) is 4.19. The van der Waals surface area contributed by atoms with Gasteiger partial charge in [-0.2, -0.15) is 0 Å². The third-order valence-corrected chi connectivity index (χ3v) is 2.79. The maximum Gasteiger partial charge on any atom is 0.255 e. The first-order valence-electron chi connectivity index (χ1n) is 5.13. The van der Waals surface area contributed by atoms with E-state index in [4.69, 9.17) is 4.74 Å². The van der Waals surface area contributed by atoms with Crippen molar-refractivity contribution in [2.24, 2.45) is 5.92 Å². The van der Waals surface area contributed by atoms with Crippen molar-refractivity contribution in [1.29, 1.82) is 0 Å². The Labute approximate surface area is 89.4 Å². The van der Waals surface area contributed by atoms with Gasteiger partial charge in [0, 0.05) is 0 Å². The van der Waals surface area contributed by atoms with Gasteiger partial charge < -0.3 is 10.1 Å². The molecular weight excluding hydrogens is 190 g/mol. The lowest BCUT2D eigenvalue weighted by Gasteiger charge is -2.15. The van der Waals surface area contributed by atoms with Crippen molar-refractivity contribution in [1.82, 2.24) is 5.32 Å². The molecule has 1 aliphatic heterocycles. The molecule has 0 saturated carbocycles. The number of benzene rings is 1. The predicted molar refractivity (Wildman–Crippen MR) is 58.0 cm³/mol. The topological polar surface area (TPSA) is 38.3 Å². The zero-order valence-electron chi connectivity index (χ0n) is 9.20. The van der Waals surface area contributed by atoms with Crippen LogP contribution in [0.1, 0.15) is 35.8 Å². The Morgan fingerprint density at radius 3 is 2.73 bits per heavy atom. The highest BCUT2D eigenvalue weighted by Crippen LogP contribution is 2.35. The lowest BCUT2D eigenvalue weighted by atomic mass is 9.96. The zero-order chi connectivity index (χ0) is 11.0. The third-order valence-electron chi connectivity index (χ3n) is 2.79. The van der Waals surface area contributed by atoms with Crippen LogP contribution in [0.5, 0.6) is 5.75 Å². The first-order chi connectivity index (χ1) is 7.15. The Balaban J connectivity index is 2.53. The number of ether oxygens (including phenoxy) is 1. The predicted octanol–water partition coefficient (Wildman–Crippen LogP) is 2.14. The van der Waals surface area contributed by atoms with Gasteiger partial charge in [-0.15, -0.1) is 0 Å². The van der Waals surface area contributed by atoms with E-state index in [9.17, 15) is 4.79 Å². The van der Waals surface area contributed by atoms with Crippen LogP contribution in [-0.4, -0.2) is 13.0 Å². The lowest BCUT2D eigenvalue weighted by Crippen LogP contribution is -2.22. The molecule has 0 radical (unpaired) electrons. The van der Waals surface area contributed by atoms with E-state index in [1.165, 1.54) is 0 Å². The SMILES string of the molecule is COc1cccc2c1C(=O)NC2C(C)C. The highest BCUT2D eigenvalue weighted by Gasteiger charge is 2.32. The van der Waals surface area contributed by atoms with Crippen molar-refractivity contribution >= 4 is 5.91 Å². The largest absolute Gasteiger partial charge is 0.496 e. The second-order valence-electron chi connectivity index (χ2n) is 4.12. The summed E-state index contributed by atoms with van der Waals surface area (Å²) in [5.74, 6) is 1.02. The number of carbonyl (C=O) groups is 1. The molecule has 80 valence electrons. The average Bonchev–Trinajstić information content (AvgIpc) is 2.56. The summed E-state index contributed by atoms with van der Waals surface area (Å²) in [6.07, 6.45) is 0. The van der Waals surface area contributed by atoms with Gasteiger partial charge in [-0.05, 0) is 17.5 Å². The fourth-order valence-corrected chi connectivity index (χ4v) is 2.04. The van der Waals surface area contributed by atoms with E-state index in [-0.39, 0.29) is 11.9 Å². The van der Waals surface area contributed by atoms with Crippen LogP contribution in [-0.2, 0) is 0 Å². The van der Waals surface area contributed by atoms with E-state index in [1.54, 1.807) is 7.11 Å². The molecule has 3 heteroatoms. The van der Waals surface area contributed by atoms with Gasteiger partial charge in [0.15, 0.2) is 0 Å². The van der Waals surface area contributed by atoms with E-state index >= 15 is 0 Å². The molecule has 0 saturated heterocycles. The monoisotopic (exact) mass is 205 g/mol. The molecule has 1 aliphatic rings. The summed E-state index contributed by atoms with van der Waals surface area (Å²) >= 11 is 0. The molecule has 3 nitrogen and oxygen atoms in total. The second-order valence-corrected chi connectivity index (χ2v) is 4.12. The molecule has 0 fully saturated rings. The zero-order valence-corrected chi connectivity index (χ0v) is 9.20. The van der Waals surface area contributed by atoms with Crippen LogP contribution in [0.2, 0.25) is 0 Å². The van der Waals surface area contributed by atoms with Gasteiger partial charge in [-0.3, -0.25) is 4.79 Å². The molecule has 1 atom stereocenters. The highest BCUT2D eigenvalue weighted by atomic mass is 16.5. The standard InChI is InChI=1S/C12H15NO2/c1-7(2)11-8-5-4-6-9(15-3)10(8)12(14)13-11/h4-7,11H,1-3H3,(H,13,14). The number of fused-ring (bicyclic) bond motifs is 1. The van der Waals surface area contributed by atoms with Crippen LogP contribution in [0, 0.1) is 5.92 Å². The van der Waals surface area contributed by atoms with Gasteiger partial charge in [0.2, 0.25) is 0 Å².